The number of aliphatic hydroxyl groups is 1. The first kappa shape index (κ1) is 4.74. The first-order valence-electron chi connectivity index (χ1n) is 2.24. The fraction of sp³-hybridized carbons (Fsp3) is 0.750. The van der Waals surface area contributed by atoms with Gasteiger partial charge in [-0.25, -0.2) is 0 Å². The minimum atomic E-state index is -0.500. The average Bonchev–Trinajstić information content (AvgIpc) is 1.91. The van der Waals surface area contributed by atoms with Gasteiger partial charge < -0.3 is 10.8 Å². The lowest BCUT2D eigenvalue weighted by molar-refractivity contribution is 0.226. The van der Waals surface area contributed by atoms with Gasteiger partial charge in [0.25, 0.3) is 0 Å². The summed E-state index contributed by atoms with van der Waals surface area (Å²) < 4.78 is 0. The summed E-state index contributed by atoms with van der Waals surface area (Å²) in [6, 6.07) is -0.153. The van der Waals surface area contributed by atoms with Crippen LogP contribution in [0.1, 0.15) is 0 Å². The van der Waals surface area contributed by atoms with Crippen molar-refractivity contribution in [2.45, 2.75) is 12.1 Å². The van der Waals surface area contributed by atoms with Gasteiger partial charge in [0.15, 0.2) is 0 Å². The molecule has 3 heteroatoms. The van der Waals surface area contributed by atoms with Crippen LogP contribution in [0, 0.1) is 0 Å². The highest BCUT2D eigenvalue weighted by atomic mass is 16.3. The molecule has 3 nitrogen and oxygen atoms in total. The third kappa shape index (κ3) is 0.783. The van der Waals surface area contributed by atoms with Crippen LogP contribution in [-0.2, 0) is 0 Å². The Morgan fingerprint density at radius 1 is 1.86 bits per heavy atom. The highest BCUT2D eigenvalue weighted by molar-refractivity contribution is 5.66. The van der Waals surface area contributed by atoms with E-state index >= 15 is 0 Å². The van der Waals surface area contributed by atoms with Crippen molar-refractivity contribution in [3.05, 3.63) is 0 Å². The van der Waals surface area contributed by atoms with Gasteiger partial charge in [0.2, 0.25) is 0 Å². The van der Waals surface area contributed by atoms with E-state index in [4.69, 9.17) is 10.8 Å². The Bertz CT molecular complexity index is 91.7. The Balaban J connectivity index is 2.45. The highest BCUT2D eigenvalue weighted by Gasteiger charge is 2.15. The van der Waals surface area contributed by atoms with Crippen molar-refractivity contribution < 1.29 is 5.11 Å². The number of hydrogen-bond donors (Lipinski definition) is 2. The normalized spacial score (nSPS) is 39.7. The van der Waals surface area contributed by atoms with Crippen LogP contribution >= 0.6 is 0 Å². The molecule has 0 saturated carbocycles. The third-order valence-electron chi connectivity index (χ3n) is 1.01. The van der Waals surface area contributed by atoms with Crippen LogP contribution in [0.15, 0.2) is 4.99 Å². The zero-order chi connectivity index (χ0) is 5.28. The first-order valence-corrected chi connectivity index (χ1v) is 2.24. The van der Waals surface area contributed by atoms with E-state index in [9.17, 15) is 0 Å². The van der Waals surface area contributed by atoms with Gasteiger partial charge in [-0.2, -0.15) is 0 Å². The Hall–Kier alpha value is -0.410. The van der Waals surface area contributed by atoms with Gasteiger partial charge in [-0.15, -0.1) is 0 Å². The molecule has 0 bridgehead atoms. The molecule has 7 heavy (non-hydrogen) atoms. The van der Waals surface area contributed by atoms with E-state index in [1.165, 1.54) is 6.21 Å². The van der Waals surface area contributed by atoms with E-state index in [0.29, 0.717) is 6.54 Å². The third-order valence-corrected chi connectivity index (χ3v) is 1.01. The summed E-state index contributed by atoms with van der Waals surface area (Å²) in [5.74, 6) is 0. The molecule has 0 saturated heterocycles. The summed E-state index contributed by atoms with van der Waals surface area (Å²) in [6.07, 6.45) is 0.977. The van der Waals surface area contributed by atoms with Crippen LogP contribution in [0.25, 0.3) is 0 Å². The van der Waals surface area contributed by atoms with Crippen LogP contribution in [0.2, 0.25) is 0 Å². The molecule has 0 aromatic rings. The molecule has 0 aliphatic carbocycles. The molecule has 2 atom stereocenters. The van der Waals surface area contributed by atoms with Gasteiger partial charge in [-0.05, 0) is 0 Å². The molecule has 40 valence electrons. The maximum Gasteiger partial charge on any atom is 0.105 e. The molecule has 1 aliphatic heterocycles. The molecule has 0 radical (unpaired) electrons. The number of aliphatic imine (C=N–C) groups is 1. The highest BCUT2D eigenvalue weighted by Crippen LogP contribution is 1.94. The zero-order valence-corrected chi connectivity index (χ0v) is 3.91. The van der Waals surface area contributed by atoms with Crippen molar-refractivity contribution in [1.82, 2.24) is 0 Å². The molecular weight excluding hydrogens is 92.1 g/mol. The maximum atomic E-state index is 8.72. The summed E-state index contributed by atoms with van der Waals surface area (Å²) in [4.78, 5) is 3.75. The summed E-state index contributed by atoms with van der Waals surface area (Å²) in [6.45, 7) is 0.571. The van der Waals surface area contributed by atoms with Gasteiger partial charge in [0.1, 0.15) is 6.10 Å². The van der Waals surface area contributed by atoms with Gasteiger partial charge in [-0.1, -0.05) is 0 Å². The molecule has 0 fully saturated rings. The largest absolute Gasteiger partial charge is 0.386 e. The fourth-order valence-corrected chi connectivity index (χ4v) is 0.509. The van der Waals surface area contributed by atoms with E-state index in [2.05, 4.69) is 4.99 Å². The second kappa shape index (κ2) is 1.60. The van der Waals surface area contributed by atoms with E-state index in [1.807, 2.05) is 0 Å². The van der Waals surface area contributed by atoms with Crippen molar-refractivity contribution in [3.63, 3.8) is 0 Å². The van der Waals surface area contributed by atoms with Crippen molar-refractivity contribution in [2.75, 3.05) is 6.54 Å². The van der Waals surface area contributed by atoms with Crippen LogP contribution in [0.4, 0.5) is 0 Å². The Morgan fingerprint density at radius 3 is 2.71 bits per heavy atom. The van der Waals surface area contributed by atoms with Crippen LogP contribution in [0.5, 0.6) is 0 Å². The summed E-state index contributed by atoms with van der Waals surface area (Å²) in [7, 11) is 0. The quantitative estimate of drug-likeness (QED) is 0.400. The monoisotopic (exact) mass is 100 g/mol. The summed E-state index contributed by atoms with van der Waals surface area (Å²) >= 11 is 0. The van der Waals surface area contributed by atoms with E-state index in [0.717, 1.165) is 0 Å². The second-order valence-electron chi connectivity index (χ2n) is 1.67. The summed E-state index contributed by atoms with van der Waals surface area (Å²) in [5, 5.41) is 8.72. The maximum absolute atomic E-state index is 8.72. The van der Waals surface area contributed by atoms with Crippen molar-refractivity contribution in [3.8, 4) is 0 Å². The smallest absolute Gasteiger partial charge is 0.105 e. The van der Waals surface area contributed by atoms with Gasteiger partial charge in [0, 0.05) is 6.21 Å². The number of rotatable bonds is 0. The van der Waals surface area contributed by atoms with E-state index in [-0.39, 0.29) is 6.04 Å². The predicted octanol–water partition coefficient (Wildman–Crippen LogP) is -1.24. The second-order valence-corrected chi connectivity index (χ2v) is 1.67. The molecule has 1 heterocycles. The number of nitrogens with zero attached hydrogens (tertiary/aromatic N) is 1. The predicted molar refractivity (Wildman–Crippen MR) is 27.3 cm³/mol. The standard InChI is InChI=1S/C4H8N2O/c5-3-1-6-2-4(3)7/h2-4,7H,1,5H2. The number of nitrogens with two attached hydrogens (primary N) is 1. The number of aliphatic hydroxyl groups excluding tert-OH is 1. The molecule has 0 amide bonds. The summed E-state index contributed by atoms with van der Waals surface area (Å²) in [5.41, 5.74) is 5.30. The van der Waals surface area contributed by atoms with Crippen LogP contribution in [-0.4, -0.2) is 30.0 Å². The number of hydrogen-bond acceptors (Lipinski definition) is 3. The van der Waals surface area contributed by atoms with Crippen molar-refractivity contribution >= 4 is 6.21 Å². The minimum Gasteiger partial charge on any atom is -0.386 e. The van der Waals surface area contributed by atoms with Gasteiger partial charge >= 0.3 is 0 Å². The molecule has 0 spiro atoms. The Kier molecular flexibility index (Phi) is 1.08. The molecular formula is C4H8N2O. The average molecular weight is 100 g/mol. The lowest BCUT2D eigenvalue weighted by Gasteiger charge is -2.02. The molecule has 1 rings (SSSR count). The lowest BCUT2D eigenvalue weighted by atomic mass is 10.2. The fourth-order valence-electron chi connectivity index (χ4n) is 0.509. The Morgan fingerprint density at radius 2 is 2.57 bits per heavy atom. The topological polar surface area (TPSA) is 58.6 Å². The lowest BCUT2D eigenvalue weighted by Crippen LogP contribution is -2.33. The molecule has 0 aromatic heterocycles. The van der Waals surface area contributed by atoms with Gasteiger partial charge in [0.05, 0.1) is 12.6 Å². The molecule has 2 unspecified atom stereocenters. The van der Waals surface area contributed by atoms with E-state index in [1.54, 1.807) is 0 Å². The Labute approximate surface area is 41.9 Å². The van der Waals surface area contributed by atoms with Crippen LogP contribution in [0.3, 0.4) is 0 Å². The molecule has 0 aromatic carbocycles. The van der Waals surface area contributed by atoms with Crippen molar-refractivity contribution in [2.24, 2.45) is 10.7 Å². The SMILES string of the molecule is NC1CN=CC1O. The van der Waals surface area contributed by atoms with Crippen LogP contribution < -0.4 is 5.73 Å². The van der Waals surface area contributed by atoms with Gasteiger partial charge in [-0.3, -0.25) is 4.99 Å². The molecule has 3 N–H and O–H groups in total. The van der Waals surface area contributed by atoms with Crippen molar-refractivity contribution in [1.29, 1.82) is 0 Å². The zero-order valence-electron chi connectivity index (χ0n) is 3.91. The van der Waals surface area contributed by atoms with E-state index < -0.39 is 6.10 Å². The molecule has 1 aliphatic rings. The first-order chi connectivity index (χ1) is 3.30. The minimum absolute atomic E-state index is 0.153.